The molecule has 0 saturated heterocycles. The Balaban J connectivity index is 2.31. The topological polar surface area (TPSA) is 37.8 Å². The Morgan fingerprint density at radius 1 is 1.11 bits per heavy atom. The van der Waals surface area contributed by atoms with Gasteiger partial charge in [-0.25, -0.2) is 0 Å². The van der Waals surface area contributed by atoms with Gasteiger partial charge >= 0.3 is 0 Å². The standard InChI is InChI=1S/C15H18ClN3/c1-5-12-6-7-13(8-9(12)2)17-15-11(4)10(3)14(16)18-19-15/h6-8H,5H2,1-4H3,(H,17,19). The fourth-order valence-corrected chi connectivity index (χ4v) is 2.18. The number of benzene rings is 1. The lowest BCUT2D eigenvalue weighted by Gasteiger charge is -2.12. The predicted octanol–water partition coefficient (Wildman–Crippen LogP) is 4.36. The van der Waals surface area contributed by atoms with E-state index < -0.39 is 0 Å². The van der Waals surface area contributed by atoms with E-state index in [9.17, 15) is 0 Å². The Kier molecular flexibility index (Phi) is 4.05. The van der Waals surface area contributed by atoms with E-state index in [0.29, 0.717) is 5.15 Å². The number of anilines is 2. The maximum atomic E-state index is 5.95. The van der Waals surface area contributed by atoms with Gasteiger partial charge in [-0.15, -0.1) is 10.2 Å². The minimum absolute atomic E-state index is 0.459. The van der Waals surface area contributed by atoms with Crippen molar-refractivity contribution in [3.63, 3.8) is 0 Å². The van der Waals surface area contributed by atoms with Crippen molar-refractivity contribution in [3.8, 4) is 0 Å². The highest BCUT2D eigenvalue weighted by Gasteiger charge is 2.08. The monoisotopic (exact) mass is 275 g/mol. The third-order valence-electron chi connectivity index (χ3n) is 3.45. The van der Waals surface area contributed by atoms with Gasteiger partial charge in [0, 0.05) is 5.69 Å². The molecular formula is C15H18ClN3. The largest absolute Gasteiger partial charge is 0.338 e. The van der Waals surface area contributed by atoms with E-state index in [0.717, 1.165) is 29.1 Å². The van der Waals surface area contributed by atoms with Gasteiger partial charge in [0.15, 0.2) is 11.0 Å². The van der Waals surface area contributed by atoms with E-state index in [1.807, 2.05) is 13.8 Å². The number of hydrogen-bond acceptors (Lipinski definition) is 3. The maximum absolute atomic E-state index is 5.95. The van der Waals surface area contributed by atoms with Crippen LogP contribution in [0.25, 0.3) is 0 Å². The maximum Gasteiger partial charge on any atom is 0.156 e. The zero-order valence-corrected chi connectivity index (χ0v) is 12.5. The number of nitrogens with one attached hydrogen (secondary N) is 1. The summed E-state index contributed by atoms with van der Waals surface area (Å²) < 4.78 is 0. The molecule has 3 nitrogen and oxygen atoms in total. The summed E-state index contributed by atoms with van der Waals surface area (Å²) in [5, 5.41) is 11.8. The first-order chi connectivity index (χ1) is 9.02. The van der Waals surface area contributed by atoms with Crippen LogP contribution in [-0.4, -0.2) is 10.2 Å². The highest BCUT2D eigenvalue weighted by Crippen LogP contribution is 2.24. The van der Waals surface area contributed by atoms with E-state index in [2.05, 4.69) is 47.6 Å². The molecule has 2 rings (SSSR count). The van der Waals surface area contributed by atoms with Gasteiger partial charge in [0.2, 0.25) is 0 Å². The molecule has 0 aliphatic carbocycles. The van der Waals surface area contributed by atoms with Crippen LogP contribution in [0.4, 0.5) is 11.5 Å². The van der Waals surface area contributed by atoms with Crippen molar-refractivity contribution in [2.24, 2.45) is 0 Å². The number of rotatable bonds is 3. The first-order valence-corrected chi connectivity index (χ1v) is 6.76. The molecule has 0 aliphatic rings. The van der Waals surface area contributed by atoms with E-state index in [-0.39, 0.29) is 0 Å². The lowest BCUT2D eigenvalue weighted by Crippen LogP contribution is -2.02. The summed E-state index contributed by atoms with van der Waals surface area (Å²) in [5.41, 5.74) is 5.65. The number of hydrogen-bond donors (Lipinski definition) is 1. The zero-order valence-electron chi connectivity index (χ0n) is 11.7. The van der Waals surface area contributed by atoms with Gasteiger partial charge in [-0.05, 0) is 61.6 Å². The molecule has 100 valence electrons. The smallest absolute Gasteiger partial charge is 0.156 e. The summed E-state index contributed by atoms with van der Waals surface area (Å²) >= 11 is 5.95. The third-order valence-corrected chi connectivity index (χ3v) is 3.81. The van der Waals surface area contributed by atoms with Crippen LogP contribution in [0.15, 0.2) is 18.2 Å². The van der Waals surface area contributed by atoms with Gasteiger partial charge < -0.3 is 5.32 Å². The molecule has 4 heteroatoms. The molecular weight excluding hydrogens is 258 g/mol. The van der Waals surface area contributed by atoms with Crippen LogP contribution in [0.2, 0.25) is 5.15 Å². The number of aryl methyl sites for hydroxylation is 2. The number of nitrogens with zero attached hydrogens (tertiary/aromatic N) is 2. The van der Waals surface area contributed by atoms with Gasteiger partial charge in [0.25, 0.3) is 0 Å². The first-order valence-electron chi connectivity index (χ1n) is 6.38. The molecule has 1 heterocycles. The number of halogens is 1. The van der Waals surface area contributed by atoms with Crippen LogP contribution < -0.4 is 5.32 Å². The van der Waals surface area contributed by atoms with E-state index in [1.165, 1.54) is 11.1 Å². The molecule has 0 spiro atoms. The highest BCUT2D eigenvalue weighted by atomic mass is 35.5. The average Bonchev–Trinajstić information content (AvgIpc) is 2.40. The lowest BCUT2D eigenvalue weighted by molar-refractivity contribution is 1.00. The lowest BCUT2D eigenvalue weighted by atomic mass is 10.1. The molecule has 1 aromatic heterocycles. The molecule has 1 N–H and O–H groups in total. The van der Waals surface area contributed by atoms with Crippen LogP contribution in [0.5, 0.6) is 0 Å². The molecule has 0 amide bonds. The van der Waals surface area contributed by atoms with Crippen molar-refractivity contribution in [2.45, 2.75) is 34.1 Å². The molecule has 1 aromatic carbocycles. The summed E-state index contributed by atoms with van der Waals surface area (Å²) in [4.78, 5) is 0. The predicted molar refractivity (Wildman–Crippen MR) is 80.4 cm³/mol. The molecule has 0 fully saturated rings. The normalized spacial score (nSPS) is 10.6. The fraction of sp³-hybridized carbons (Fsp3) is 0.333. The van der Waals surface area contributed by atoms with Gasteiger partial charge in [0.05, 0.1) is 0 Å². The second-order valence-corrected chi connectivity index (χ2v) is 5.07. The van der Waals surface area contributed by atoms with E-state index in [1.54, 1.807) is 0 Å². The SMILES string of the molecule is CCc1ccc(Nc2nnc(Cl)c(C)c2C)cc1C. The zero-order chi connectivity index (χ0) is 14.0. The Hall–Kier alpha value is -1.61. The van der Waals surface area contributed by atoms with Crippen LogP contribution in [0, 0.1) is 20.8 Å². The molecule has 0 unspecified atom stereocenters. The summed E-state index contributed by atoms with van der Waals surface area (Å²) in [6.45, 7) is 8.22. The van der Waals surface area contributed by atoms with Crippen molar-refractivity contribution >= 4 is 23.1 Å². The quantitative estimate of drug-likeness (QED) is 0.904. The van der Waals surface area contributed by atoms with Crippen molar-refractivity contribution < 1.29 is 0 Å². The molecule has 0 saturated carbocycles. The Bertz CT molecular complexity index is 609. The van der Waals surface area contributed by atoms with Crippen LogP contribution in [-0.2, 0) is 6.42 Å². The van der Waals surface area contributed by atoms with E-state index in [4.69, 9.17) is 11.6 Å². The van der Waals surface area contributed by atoms with Gasteiger partial charge in [-0.3, -0.25) is 0 Å². The number of aromatic nitrogens is 2. The van der Waals surface area contributed by atoms with Crippen LogP contribution in [0.3, 0.4) is 0 Å². The van der Waals surface area contributed by atoms with Gasteiger partial charge in [-0.1, -0.05) is 24.6 Å². The average molecular weight is 276 g/mol. The Labute approximate surface area is 119 Å². The summed E-state index contributed by atoms with van der Waals surface area (Å²) in [6, 6.07) is 6.34. The van der Waals surface area contributed by atoms with Gasteiger partial charge in [-0.2, -0.15) is 0 Å². The van der Waals surface area contributed by atoms with Crippen molar-refractivity contribution in [1.82, 2.24) is 10.2 Å². The third kappa shape index (κ3) is 2.87. The van der Waals surface area contributed by atoms with Crippen molar-refractivity contribution in [3.05, 3.63) is 45.6 Å². The van der Waals surface area contributed by atoms with Crippen molar-refractivity contribution in [2.75, 3.05) is 5.32 Å². The molecule has 19 heavy (non-hydrogen) atoms. The molecule has 0 radical (unpaired) electrons. The minimum Gasteiger partial charge on any atom is -0.338 e. The Morgan fingerprint density at radius 2 is 1.84 bits per heavy atom. The van der Waals surface area contributed by atoms with Crippen LogP contribution >= 0.6 is 11.6 Å². The molecule has 2 aromatic rings. The summed E-state index contributed by atoms with van der Waals surface area (Å²) in [7, 11) is 0. The van der Waals surface area contributed by atoms with E-state index >= 15 is 0 Å². The van der Waals surface area contributed by atoms with Crippen molar-refractivity contribution in [1.29, 1.82) is 0 Å². The molecule has 0 bridgehead atoms. The summed E-state index contributed by atoms with van der Waals surface area (Å²) in [6.07, 6.45) is 1.05. The highest BCUT2D eigenvalue weighted by molar-refractivity contribution is 6.30. The second kappa shape index (κ2) is 5.57. The summed E-state index contributed by atoms with van der Waals surface area (Å²) in [5.74, 6) is 0.755. The van der Waals surface area contributed by atoms with Gasteiger partial charge in [0.1, 0.15) is 0 Å². The van der Waals surface area contributed by atoms with Crippen LogP contribution in [0.1, 0.15) is 29.2 Å². The minimum atomic E-state index is 0.459. The molecule has 0 aliphatic heterocycles. The molecule has 0 atom stereocenters. The second-order valence-electron chi connectivity index (χ2n) is 4.71. The Morgan fingerprint density at radius 3 is 2.47 bits per heavy atom. The first kappa shape index (κ1) is 13.8. The fourth-order valence-electron chi connectivity index (χ4n) is 2.00.